The van der Waals surface area contributed by atoms with Gasteiger partial charge in [-0.3, -0.25) is 14.4 Å². The first-order valence-corrected chi connectivity index (χ1v) is 6.44. The molecule has 0 radical (unpaired) electrons. The van der Waals surface area contributed by atoms with Crippen molar-refractivity contribution in [1.82, 2.24) is 5.32 Å². The topological polar surface area (TPSA) is 108 Å². The van der Waals surface area contributed by atoms with Gasteiger partial charge in [0.1, 0.15) is 12.3 Å². The van der Waals surface area contributed by atoms with Gasteiger partial charge >= 0.3 is 5.97 Å². The van der Waals surface area contributed by atoms with E-state index >= 15 is 0 Å². The zero-order chi connectivity index (χ0) is 15.8. The molecule has 0 aliphatic carbocycles. The molecule has 0 spiro atoms. The van der Waals surface area contributed by atoms with Gasteiger partial charge in [-0.15, -0.1) is 0 Å². The first-order valence-electron chi connectivity index (χ1n) is 6.44. The number of amides is 2. The van der Waals surface area contributed by atoms with E-state index in [0.29, 0.717) is 17.9 Å². The molecule has 0 saturated carbocycles. The normalized spacial score (nSPS) is 11.3. The number of hydrogen-bond acceptors (Lipinski definition) is 5. The minimum absolute atomic E-state index is 0.315. The lowest BCUT2D eigenvalue weighted by atomic mass is 10.2. The SMILES string of the molecule is CCOc1ccccc1C(=O)NCC(=O)O[C@H](C)C(N)=O. The van der Waals surface area contributed by atoms with E-state index < -0.39 is 23.9 Å². The lowest BCUT2D eigenvalue weighted by molar-refractivity contribution is -0.152. The molecule has 1 rings (SSSR count). The van der Waals surface area contributed by atoms with Crippen molar-refractivity contribution in [2.24, 2.45) is 5.73 Å². The Morgan fingerprint density at radius 1 is 1.29 bits per heavy atom. The Morgan fingerprint density at radius 2 is 1.95 bits per heavy atom. The maximum absolute atomic E-state index is 12.0. The first kappa shape index (κ1) is 16.5. The number of ether oxygens (including phenoxy) is 2. The van der Waals surface area contributed by atoms with Crippen LogP contribution in [0.2, 0.25) is 0 Å². The monoisotopic (exact) mass is 294 g/mol. The highest BCUT2D eigenvalue weighted by Gasteiger charge is 2.17. The zero-order valence-electron chi connectivity index (χ0n) is 11.9. The van der Waals surface area contributed by atoms with Crippen molar-refractivity contribution in [3.05, 3.63) is 29.8 Å². The molecule has 7 heteroatoms. The summed E-state index contributed by atoms with van der Waals surface area (Å²) in [6.07, 6.45) is -1.04. The molecule has 7 nitrogen and oxygen atoms in total. The summed E-state index contributed by atoms with van der Waals surface area (Å²) < 4.78 is 10.0. The molecule has 1 atom stereocenters. The van der Waals surface area contributed by atoms with E-state index in [1.165, 1.54) is 6.92 Å². The Kier molecular flexibility index (Phi) is 6.19. The molecular formula is C14H18N2O5. The third-order valence-corrected chi connectivity index (χ3v) is 2.53. The largest absolute Gasteiger partial charge is 0.493 e. The summed E-state index contributed by atoms with van der Waals surface area (Å²) in [7, 11) is 0. The van der Waals surface area contributed by atoms with Crippen LogP contribution in [0, 0.1) is 0 Å². The van der Waals surface area contributed by atoms with Gasteiger partial charge in [0.15, 0.2) is 6.10 Å². The molecule has 0 saturated heterocycles. The molecule has 0 bridgehead atoms. The zero-order valence-corrected chi connectivity index (χ0v) is 11.9. The minimum atomic E-state index is -1.04. The third kappa shape index (κ3) is 5.13. The molecule has 3 N–H and O–H groups in total. The van der Waals surface area contributed by atoms with Gasteiger partial charge in [-0.05, 0) is 26.0 Å². The van der Waals surface area contributed by atoms with Gasteiger partial charge in [-0.1, -0.05) is 12.1 Å². The number of rotatable bonds is 7. The van der Waals surface area contributed by atoms with Crippen molar-refractivity contribution in [1.29, 1.82) is 0 Å². The maximum atomic E-state index is 12.0. The van der Waals surface area contributed by atoms with Crippen molar-refractivity contribution < 1.29 is 23.9 Å². The van der Waals surface area contributed by atoms with Crippen LogP contribution in [0.25, 0.3) is 0 Å². The van der Waals surface area contributed by atoms with Gasteiger partial charge in [0.25, 0.3) is 11.8 Å². The lowest BCUT2D eigenvalue weighted by Gasteiger charge is -2.12. The summed E-state index contributed by atoms with van der Waals surface area (Å²) in [6.45, 7) is 3.21. The van der Waals surface area contributed by atoms with Gasteiger partial charge in [-0.2, -0.15) is 0 Å². The predicted molar refractivity (Wildman–Crippen MR) is 74.7 cm³/mol. The van der Waals surface area contributed by atoms with Gasteiger partial charge in [0.05, 0.1) is 12.2 Å². The van der Waals surface area contributed by atoms with Crippen molar-refractivity contribution in [2.75, 3.05) is 13.2 Å². The molecular weight excluding hydrogens is 276 g/mol. The average molecular weight is 294 g/mol. The van der Waals surface area contributed by atoms with Crippen LogP contribution in [0.4, 0.5) is 0 Å². The quantitative estimate of drug-likeness (QED) is 0.700. The second kappa shape index (κ2) is 7.88. The number of carbonyl (C=O) groups is 3. The van der Waals surface area contributed by atoms with Crippen molar-refractivity contribution in [2.45, 2.75) is 20.0 Å². The number of carbonyl (C=O) groups excluding carboxylic acids is 3. The molecule has 1 aromatic rings. The fourth-order valence-corrected chi connectivity index (χ4v) is 1.48. The summed E-state index contributed by atoms with van der Waals surface area (Å²) in [5.41, 5.74) is 5.28. The highest BCUT2D eigenvalue weighted by atomic mass is 16.5. The second-order valence-corrected chi connectivity index (χ2v) is 4.15. The van der Waals surface area contributed by atoms with E-state index in [9.17, 15) is 14.4 Å². The van der Waals surface area contributed by atoms with Gasteiger partial charge in [0, 0.05) is 0 Å². The van der Waals surface area contributed by atoms with Gasteiger partial charge in [0.2, 0.25) is 0 Å². The van der Waals surface area contributed by atoms with Crippen molar-refractivity contribution >= 4 is 17.8 Å². The third-order valence-electron chi connectivity index (χ3n) is 2.53. The summed E-state index contributed by atoms with van der Waals surface area (Å²) in [6, 6.07) is 6.67. The van der Waals surface area contributed by atoms with Gasteiger partial charge in [-0.25, -0.2) is 0 Å². The molecule has 114 valence electrons. The van der Waals surface area contributed by atoms with Crippen LogP contribution in [-0.4, -0.2) is 37.0 Å². The molecule has 0 unspecified atom stereocenters. The van der Waals surface area contributed by atoms with E-state index in [4.69, 9.17) is 15.2 Å². The highest BCUT2D eigenvalue weighted by molar-refractivity contribution is 5.98. The number of esters is 1. The number of nitrogens with one attached hydrogen (secondary N) is 1. The molecule has 0 aliphatic rings. The lowest BCUT2D eigenvalue weighted by Crippen LogP contribution is -2.36. The molecule has 2 amide bonds. The van der Waals surface area contributed by atoms with E-state index in [1.54, 1.807) is 31.2 Å². The van der Waals surface area contributed by atoms with Crippen LogP contribution < -0.4 is 15.8 Å². The summed E-state index contributed by atoms with van der Waals surface area (Å²) in [5.74, 6) is -1.54. The molecule has 21 heavy (non-hydrogen) atoms. The minimum Gasteiger partial charge on any atom is -0.493 e. The standard InChI is InChI=1S/C14H18N2O5/c1-3-20-11-7-5-4-6-10(11)14(19)16-8-12(17)21-9(2)13(15)18/h4-7,9H,3,8H2,1-2H3,(H2,15,18)(H,16,19)/t9-/m1/s1. The van der Waals surface area contributed by atoms with Crippen LogP contribution in [0.5, 0.6) is 5.75 Å². The van der Waals surface area contributed by atoms with Crippen LogP contribution in [0.3, 0.4) is 0 Å². The molecule has 0 heterocycles. The molecule has 1 aromatic carbocycles. The average Bonchev–Trinajstić information content (AvgIpc) is 2.45. The molecule has 0 aromatic heterocycles. The van der Waals surface area contributed by atoms with E-state index in [0.717, 1.165) is 0 Å². The number of nitrogens with two attached hydrogens (primary N) is 1. The summed E-state index contributed by atoms with van der Waals surface area (Å²) in [5, 5.41) is 2.40. The van der Waals surface area contributed by atoms with Gasteiger partial charge < -0.3 is 20.5 Å². The number of primary amides is 1. The Morgan fingerprint density at radius 3 is 2.57 bits per heavy atom. The number of hydrogen-bond donors (Lipinski definition) is 2. The van der Waals surface area contributed by atoms with Crippen LogP contribution >= 0.6 is 0 Å². The Labute approximate surface area is 122 Å². The second-order valence-electron chi connectivity index (χ2n) is 4.15. The van der Waals surface area contributed by atoms with E-state index in [-0.39, 0.29) is 6.54 Å². The van der Waals surface area contributed by atoms with Crippen LogP contribution in [0.1, 0.15) is 24.2 Å². The summed E-state index contributed by atoms with van der Waals surface area (Å²) >= 11 is 0. The Hall–Kier alpha value is -2.57. The highest BCUT2D eigenvalue weighted by Crippen LogP contribution is 2.17. The fourth-order valence-electron chi connectivity index (χ4n) is 1.48. The van der Waals surface area contributed by atoms with Crippen molar-refractivity contribution in [3.8, 4) is 5.75 Å². The summed E-state index contributed by atoms with van der Waals surface area (Å²) in [4.78, 5) is 34.2. The molecule has 0 aliphatic heterocycles. The van der Waals surface area contributed by atoms with Crippen LogP contribution in [-0.2, 0) is 14.3 Å². The van der Waals surface area contributed by atoms with Crippen LogP contribution in [0.15, 0.2) is 24.3 Å². The Bertz CT molecular complexity index is 530. The number of para-hydroxylation sites is 1. The first-order chi connectivity index (χ1) is 9.95. The van der Waals surface area contributed by atoms with Crippen molar-refractivity contribution in [3.63, 3.8) is 0 Å². The smallest absolute Gasteiger partial charge is 0.326 e. The molecule has 0 fully saturated rings. The van der Waals surface area contributed by atoms with E-state index in [1.807, 2.05) is 0 Å². The van der Waals surface area contributed by atoms with E-state index in [2.05, 4.69) is 5.32 Å². The predicted octanol–water partition coefficient (Wildman–Crippen LogP) is 0.232. The number of benzene rings is 1. The Balaban J connectivity index is 2.58. The maximum Gasteiger partial charge on any atom is 0.326 e. The fraction of sp³-hybridized carbons (Fsp3) is 0.357.